The number of carbonyl (C=O) groups is 1. The fraction of sp³-hybridized carbons (Fsp3) is 0.176. The van der Waals surface area contributed by atoms with E-state index in [1.165, 1.54) is 30.3 Å². The van der Waals surface area contributed by atoms with E-state index in [-0.39, 0.29) is 45.3 Å². The highest BCUT2D eigenvalue weighted by molar-refractivity contribution is 6.41. The van der Waals surface area contributed by atoms with Gasteiger partial charge in [0.15, 0.2) is 0 Å². The third kappa shape index (κ3) is 6.64. The minimum absolute atomic E-state index is 0.0679. The average Bonchev–Trinajstić information content (AvgIpc) is 2.62. The van der Waals surface area contributed by atoms with Crippen LogP contribution in [-0.4, -0.2) is 23.3 Å². The molecule has 2 N–H and O–H groups in total. The van der Waals surface area contributed by atoms with Crippen molar-refractivity contribution in [2.45, 2.75) is 13.3 Å². The Kier molecular flexibility index (Phi) is 8.33. The molecular weight excluding hydrogens is 466 g/mol. The van der Waals surface area contributed by atoms with Gasteiger partial charge < -0.3 is 10.1 Å². The van der Waals surface area contributed by atoms with Crippen LogP contribution >= 0.6 is 46.4 Å². The predicted octanol–water partition coefficient (Wildman–Crippen LogP) is 6.00. The summed E-state index contributed by atoms with van der Waals surface area (Å²) in [4.78, 5) is 22.2. The Hall–Kier alpha value is -2.26. The van der Waals surface area contributed by atoms with Crippen molar-refractivity contribution in [2.75, 3.05) is 17.3 Å². The number of halogens is 4. The molecule has 0 aliphatic carbocycles. The van der Waals surface area contributed by atoms with E-state index >= 15 is 0 Å². The number of non-ortho nitro benzene ring substituents is 1. The number of amidine groups is 1. The van der Waals surface area contributed by atoms with Crippen LogP contribution in [0.2, 0.25) is 20.1 Å². The quantitative estimate of drug-likeness (QED) is 0.166. The summed E-state index contributed by atoms with van der Waals surface area (Å²) in [5.74, 6) is -0.437. The van der Waals surface area contributed by atoms with Gasteiger partial charge in [-0.1, -0.05) is 46.4 Å². The van der Waals surface area contributed by atoms with Crippen molar-refractivity contribution in [3.8, 4) is 0 Å². The van der Waals surface area contributed by atoms with Gasteiger partial charge >= 0.3 is 5.97 Å². The highest BCUT2D eigenvalue weighted by Crippen LogP contribution is 2.34. The molecule has 0 saturated carbocycles. The maximum atomic E-state index is 11.9. The number of ether oxygens (including phenoxy) is 1. The van der Waals surface area contributed by atoms with Gasteiger partial charge in [-0.2, -0.15) is 5.10 Å². The maximum Gasteiger partial charge on any atom is 0.313 e. The van der Waals surface area contributed by atoms with E-state index < -0.39 is 10.9 Å². The first-order valence-electron chi connectivity index (χ1n) is 8.05. The summed E-state index contributed by atoms with van der Waals surface area (Å²) in [6.45, 7) is 1.85. The van der Waals surface area contributed by atoms with Gasteiger partial charge in [0.1, 0.15) is 12.3 Å². The Morgan fingerprint density at radius 2 is 1.79 bits per heavy atom. The molecule has 0 atom stereocenters. The number of hydrogen-bond acceptors (Lipinski definition) is 6. The lowest BCUT2D eigenvalue weighted by Gasteiger charge is -2.13. The minimum Gasteiger partial charge on any atom is -0.466 e. The second kappa shape index (κ2) is 10.5. The van der Waals surface area contributed by atoms with Crippen molar-refractivity contribution in [1.82, 2.24) is 0 Å². The second-order valence-electron chi connectivity index (χ2n) is 5.44. The lowest BCUT2D eigenvalue weighted by Crippen LogP contribution is -2.20. The van der Waals surface area contributed by atoms with Crippen LogP contribution in [0, 0.1) is 10.1 Å². The Labute approximate surface area is 185 Å². The van der Waals surface area contributed by atoms with Gasteiger partial charge in [-0.05, 0) is 25.1 Å². The van der Waals surface area contributed by atoms with Crippen LogP contribution in [0.3, 0.4) is 0 Å². The van der Waals surface area contributed by atoms with Crippen molar-refractivity contribution in [1.29, 1.82) is 0 Å². The minimum atomic E-state index is -0.574. The Balaban J connectivity index is 2.31. The molecule has 0 aliphatic rings. The molecule has 8 nitrogen and oxygen atoms in total. The number of hydrazone groups is 1. The monoisotopic (exact) mass is 478 g/mol. The number of nitro groups is 1. The molecule has 154 valence electrons. The summed E-state index contributed by atoms with van der Waals surface area (Å²) in [5, 5.41) is 18.7. The summed E-state index contributed by atoms with van der Waals surface area (Å²) >= 11 is 24.2. The molecule has 2 rings (SSSR count). The van der Waals surface area contributed by atoms with Gasteiger partial charge in [-0.15, -0.1) is 0 Å². The van der Waals surface area contributed by atoms with Crippen LogP contribution < -0.4 is 10.7 Å². The number of rotatable bonds is 7. The number of hydrogen-bond donors (Lipinski definition) is 2. The number of nitrogens with zero attached hydrogens (tertiary/aromatic N) is 2. The summed E-state index contributed by atoms with van der Waals surface area (Å²) in [5.41, 5.74) is 3.07. The highest BCUT2D eigenvalue weighted by atomic mass is 35.5. The van der Waals surface area contributed by atoms with E-state index in [1.807, 2.05) is 0 Å². The van der Waals surface area contributed by atoms with Gasteiger partial charge in [-0.3, -0.25) is 20.3 Å². The van der Waals surface area contributed by atoms with Crippen LogP contribution in [0.15, 0.2) is 35.4 Å². The number of nitrogens with one attached hydrogen (secondary N) is 2. The summed E-state index contributed by atoms with van der Waals surface area (Å²) in [6.07, 6.45) is -0.239. The zero-order chi connectivity index (χ0) is 21.6. The molecule has 29 heavy (non-hydrogen) atoms. The average molecular weight is 480 g/mol. The lowest BCUT2D eigenvalue weighted by atomic mass is 10.2. The lowest BCUT2D eigenvalue weighted by molar-refractivity contribution is -0.384. The molecular formula is C17H14Cl4N4O4. The van der Waals surface area contributed by atoms with Crippen LogP contribution in [-0.2, 0) is 9.53 Å². The topological polar surface area (TPSA) is 106 Å². The SMILES string of the molecule is CCOC(=O)CC(=NNc1c(Cl)cc(Cl)cc1Cl)Nc1ccc([N+](=O)[O-])cc1Cl. The van der Waals surface area contributed by atoms with Gasteiger partial charge in [0.25, 0.3) is 5.69 Å². The fourth-order valence-electron chi connectivity index (χ4n) is 2.11. The number of anilines is 2. The maximum absolute atomic E-state index is 11.9. The van der Waals surface area contributed by atoms with Crippen molar-refractivity contribution in [3.63, 3.8) is 0 Å². The number of esters is 1. The Morgan fingerprint density at radius 3 is 2.34 bits per heavy atom. The molecule has 0 bridgehead atoms. The fourth-order valence-corrected chi connectivity index (χ4v) is 3.23. The summed E-state index contributed by atoms with van der Waals surface area (Å²) in [7, 11) is 0. The number of benzene rings is 2. The van der Waals surface area contributed by atoms with E-state index in [0.717, 1.165) is 0 Å². The molecule has 0 aromatic heterocycles. The van der Waals surface area contributed by atoms with E-state index in [0.29, 0.717) is 10.7 Å². The summed E-state index contributed by atoms with van der Waals surface area (Å²) < 4.78 is 4.93. The van der Waals surface area contributed by atoms with Gasteiger partial charge in [0.05, 0.1) is 38.0 Å². The van der Waals surface area contributed by atoms with Gasteiger partial charge in [0, 0.05) is 17.2 Å². The van der Waals surface area contributed by atoms with Crippen LogP contribution in [0.5, 0.6) is 0 Å². The van der Waals surface area contributed by atoms with Crippen LogP contribution in [0.25, 0.3) is 0 Å². The van der Waals surface area contributed by atoms with Crippen molar-refractivity contribution in [2.24, 2.45) is 5.10 Å². The second-order valence-corrected chi connectivity index (χ2v) is 7.10. The molecule has 2 aromatic rings. The van der Waals surface area contributed by atoms with Gasteiger partial charge in [-0.25, -0.2) is 0 Å². The molecule has 0 spiro atoms. The molecule has 0 fully saturated rings. The van der Waals surface area contributed by atoms with E-state index in [2.05, 4.69) is 15.8 Å². The third-order valence-corrected chi connectivity index (χ3v) is 4.50. The molecule has 0 amide bonds. The van der Waals surface area contributed by atoms with E-state index in [9.17, 15) is 14.9 Å². The van der Waals surface area contributed by atoms with Crippen molar-refractivity contribution in [3.05, 3.63) is 60.5 Å². The molecule has 0 unspecified atom stereocenters. The molecule has 0 aliphatic heterocycles. The van der Waals surface area contributed by atoms with E-state index in [4.69, 9.17) is 51.1 Å². The molecule has 0 saturated heterocycles. The zero-order valence-corrected chi connectivity index (χ0v) is 17.9. The predicted molar refractivity (Wildman–Crippen MR) is 116 cm³/mol. The normalized spacial score (nSPS) is 11.1. The molecule has 12 heteroatoms. The number of carbonyl (C=O) groups excluding carboxylic acids is 1. The largest absolute Gasteiger partial charge is 0.466 e. The Morgan fingerprint density at radius 1 is 1.14 bits per heavy atom. The Bertz CT molecular complexity index is 945. The first-order valence-corrected chi connectivity index (χ1v) is 9.56. The smallest absolute Gasteiger partial charge is 0.313 e. The van der Waals surface area contributed by atoms with Crippen LogP contribution in [0.1, 0.15) is 13.3 Å². The molecule has 2 aromatic carbocycles. The van der Waals surface area contributed by atoms with E-state index in [1.54, 1.807) is 6.92 Å². The summed E-state index contributed by atoms with van der Waals surface area (Å²) in [6, 6.07) is 6.77. The molecule has 0 radical (unpaired) electrons. The van der Waals surface area contributed by atoms with Crippen molar-refractivity contribution < 1.29 is 14.5 Å². The molecule has 0 heterocycles. The number of nitro benzene ring substituents is 1. The first-order chi connectivity index (χ1) is 13.7. The first kappa shape index (κ1) is 23.0. The van der Waals surface area contributed by atoms with Crippen LogP contribution in [0.4, 0.5) is 17.1 Å². The highest BCUT2D eigenvalue weighted by Gasteiger charge is 2.15. The zero-order valence-electron chi connectivity index (χ0n) is 14.8. The third-order valence-electron chi connectivity index (χ3n) is 3.37. The van der Waals surface area contributed by atoms with Crippen molar-refractivity contribution >= 4 is 75.3 Å². The standard InChI is InChI=1S/C17H14Cl4N4O4/c1-2-29-16(26)8-15(22-14-4-3-10(25(27)28)7-11(14)19)23-24-17-12(20)5-9(18)6-13(17)21/h3-7,24H,2,8H2,1H3,(H,22,23). The van der Waals surface area contributed by atoms with Gasteiger partial charge in [0.2, 0.25) is 0 Å².